The fourth-order valence-electron chi connectivity index (χ4n) is 1.42. The minimum atomic E-state index is 0.0550. The molecule has 0 saturated heterocycles. The molecule has 1 heterocycles. The molecule has 2 aromatic rings. The second-order valence-electron chi connectivity index (χ2n) is 3.42. The number of ether oxygens (including phenoxy) is 1. The normalized spacial score (nSPS) is 10.6. The van der Waals surface area contributed by atoms with E-state index in [1.54, 1.807) is 13.3 Å². The third kappa shape index (κ3) is 2.47. The molecule has 0 atom stereocenters. The summed E-state index contributed by atoms with van der Waals surface area (Å²) < 4.78 is 5.05. The predicted molar refractivity (Wildman–Crippen MR) is 64.2 cm³/mol. The van der Waals surface area contributed by atoms with E-state index in [2.05, 4.69) is 4.98 Å². The van der Waals surface area contributed by atoms with E-state index in [-0.39, 0.29) is 6.61 Å². The number of aromatic nitrogens is 1. The molecule has 0 bridgehead atoms. The van der Waals surface area contributed by atoms with Gasteiger partial charge in [-0.1, -0.05) is 24.3 Å². The monoisotopic (exact) mass is 235 g/mol. The highest BCUT2D eigenvalue weighted by molar-refractivity contribution is 7.15. The summed E-state index contributed by atoms with van der Waals surface area (Å²) in [4.78, 5) is 5.15. The minimum Gasteiger partial charge on any atom is -0.391 e. The van der Waals surface area contributed by atoms with E-state index >= 15 is 0 Å². The SMILES string of the molecule is COCc1ccc(-c2ncc(CO)s2)cc1. The van der Waals surface area contributed by atoms with Gasteiger partial charge in [-0.2, -0.15) is 0 Å². The van der Waals surface area contributed by atoms with Gasteiger partial charge in [0.2, 0.25) is 0 Å². The first-order valence-corrected chi connectivity index (χ1v) is 5.79. The van der Waals surface area contributed by atoms with Crippen LogP contribution in [0, 0.1) is 0 Å². The molecule has 84 valence electrons. The minimum absolute atomic E-state index is 0.0550. The summed E-state index contributed by atoms with van der Waals surface area (Å²) in [5.74, 6) is 0. The Morgan fingerprint density at radius 3 is 2.62 bits per heavy atom. The zero-order chi connectivity index (χ0) is 11.4. The first kappa shape index (κ1) is 11.3. The van der Waals surface area contributed by atoms with E-state index in [1.807, 2.05) is 24.3 Å². The van der Waals surface area contributed by atoms with Crippen LogP contribution in [-0.2, 0) is 18.0 Å². The lowest BCUT2D eigenvalue weighted by Gasteiger charge is -2.00. The van der Waals surface area contributed by atoms with Crippen LogP contribution in [0.3, 0.4) is 0 Å². The van der Waals surface area contributed by atoms with Gasteiger partial charge in [0.1, 0.15) is 5.01 Å². The largest absolute Gasteiger partial charge is 0.391 e. The molecular formula is C12H13NO2S. The number of benzene rings is 1. The van der Waals surface area contributed by atoms with Gasteiger partial charge < -0.3 is 9.84 Å². The van der Waals surface area contributed by atoms with Gasteiger partial charge in [0.05, 0.1) is 18.1 Å². The second kappa shape index (κ2) is 5.21. The molecule has 4 heteroatoms. The highest BCUT2D eigenvalue weighted by Crippen LogP contribution is 2.25. The zero-order valence-corrected chi connectivity index (χ0v) is 9.83. The Labute approximate surface area is 98.4 Å². The van der Waals surface area contributed by atoms with Crippen molar-refractivity contribution in [3.8, 4) is 10.6 Å². The number of rotatable bonds is 4. The molecule has 0 aliphatic heterocycles. The number of nitrogens with zero attached hydrogens (tertiary/aromatic N) is 1. The fraction of sp³-hybridized carbons (Fsp3) is 0.250. The van der Waals surface area contributed by atoms with Gasteiger partial charge in [-0.25, -0.2) is 4.98 Å². The van der Waals surface area contributed by atoms with Crippen molar-refractivity contribution >= 4 is 11.3 Å². The van der Waals surface area contributed by atoms with Crippen LogP contribution in [-0.4, -0.2) is 17.2 Å². The summed E-state index contributed by atoms with van der Waals surface area (Å²) in [6, 6.07) is 8.10. The standard InChI is InChI=1S/C12H13NO2S/c1-15-8-9-2-4-10(5-3-9)12-13-6-11(7-14)16-12/h2-6,14H,7-8H2,1H3. The van der Waals surface area contributed by atoms with Crippen LogP contribution in [0.15, 0.2) is 30.5 Å². The van der Waals surface area contributed by atoms with Gasteiger partial charge in [-0.15, -0.1) is 11.3 Å². The maximum atomic E-state index is 8.97. The average molecular weight is 235 g/mol. The van der Waals surface area contributed by atoms with E-state index in [4.69, 9.17) is 9.84 Å². The average Bonchev–Trinajstić information content (AvgIpc) is 2.79. The Morgan fingerprint density at radius 2 is 2.06 bits per heavy atom. The number of aliphatic hydroxyl groups excluding tert-OH is 1. The molecule has 0 unspecified atom stereocenters. The molecular weight excluding hydrogens is 222 g/mol. The lowest BCUT2D eigenvalue weighted by Crippen LogP contribution is -1.86. The molecule has 0 fully saturated rings. The predicted octanol–water partition coefficient (Wildman–Crippen LogP) is 2.45. The summed E-state index contributed by atoms with van der Waals surface area (Å²) in [6.07, 6.45) is 1.71. The van der Waals surface area contributed by atoms with Crippen molar-refractivity contribution < 1.29 is 9.84 Å². The maximum absolute atomic E-state index is 8.97. The van der Waals surface area contributed by atoms with Crippen LogP contribution >= 0.6 is 11.3 Å². The van der Waals surface area contributed by atoms with Crippen LogP contribution in [0.2, 0.25) is 0 Å². The van der Waals surface area contributed by atoms with Gasteiger partial charge in [0.25, 0.3) is 0 Å². The third-order valence-corrected chi connectivity index (χ3v) is 3.25. The Morgan fingerprint density at radius 1 is 1.31 bits per heavy atom. The second-order valence-corrected chi connectivity index (χ2v) is 4.53. The first-order valence-electron chi connectivity index (χ1n) is 4.97. The topological polar surface area (TPSA) is 42.4 Å². The van der Waals surface area contributed by atoms with Crippen LogP contribution in [0.25, 0.3) is 10.6 Å². The Hall–Kier alpha value is -1.23. The van der Waals surface area contributed by atoms with E-state index in [0.29, 0.717) is 6.61 Å². The first-order chi connectivity index (χ1) is 7.83. The molecule has 0 aliphatic carbocycles. The van der Waals surface area contributed by atoms with E-state index in [1.165, 1.54) is 11.3 Å². The van der Waals surface area contributed by atoms with Gasteiger partial charge in [0.15, 0.2) is 0 Å². The van der Waals surface area contributed by atoms with E-state index < -0.39 is 0 Å². The van der Waals surface area contributed by atoms with Crippen LogP contribution in [0.4, 0.5) is 0 Å². The number of aliphatic hydroxyl groups is 1. The smallest absolute Gasteiger partial charge is 0.123 e. The lowest BCUT2D eigenvalue weighted by atomic mass is 10.1. The molecule has 0 amide bonds. The molecule has 2 rings (SSSR count). The maximum Gasteiger partial charge on any atom is 0.123 e. The Balaban J connectivity index is 2.20. The number of thiazole rings is 1. The van der Waals surface area contributed by atoms with Crippen molar-refractivity contribution in [2.75, 3.05) is 7.11 Å². The van der Waals surface area contributed by atoms with Crippen LogP contribution in [0.1, 0.15) is 10.4 Å². The summed E-state index contributed by atoms with van der Waals surface area (Å²) in [5.41, 5.74) is 2.22. The Kier molecular flexibility index (Phi) is 3.66. The highest BCUT2D eigenvalue weighted by atomic mass is 32.1. The quantitative estimate of drug-likeness (QED) is 0.885. The number of hydrogen-bond acceptors (Lipinski definition) is 4. The summed E-state index contributed by atoms with van der Waals surface area (Å²) >= 11 is 1.51. The molecule has 1 aromatic heterocycles. The van der Waals surface area contributed by atoms with Crippen molar-refractivity contribution in [1.29, 1.82) is 0 Å². The van der Waals surface area contributed by atoms with Crippen molar-refractivity contribution in [1.82, 2.24) is 4.98 Å². The molecule has 0 radical (unpaired) electrons. The number of hydrogen-bond donors (Lipinski definition) is 1. The van der Waals surface area contributed by atoms with Crippen molar-refractivity contribution in [3.05, 3.63) is 40.9 Å². The molecule has 0 aliphatic rings. The van der Waals surface area contributed by atoms with Crippen LogP contribution < -0.4 is 0 Å². The van der Waals surface area contributed by atoms with Crippen LogP contribution in [0.5, 0.6) is 0 Å². The van der Waals surface area contributed by atoms with Gasteiger partial charge in [-0.05, 0) is 5.56 Å². The lowest BCUT2D eigenvalue weighted by molar-refractivity contribution is 0.185. The molecule has 0 saturated carbocycles. The molecule has 3 nitrogen and oxygen atoms in total. The van der Waals surface area contributed by atoms with Gasteiger partial charge in [-0.3, -0.25) is 0 Å². The molecule has 1 aromatic carbocycles. The van der Waals surface area contributed by atoms with Gasteiger partial charge in [0, 0.05) is 18.9 Å². The summed E-state index contributed by atoms with van der Waals surface area (Å²) in [5, 5.41) is 9.90. The molecule has 1 N–H and O–H groups in total. The number of methoxy groups -OCH3 is 1. The van der Waals surface area contributed by atoms with Gasteiger partial charge >= 0.3 is 0 Å². The third-order valence-electron chi connectivity index (χ3n) is 2.22. The summed E-state index contributed by atoms with van der Waals surface area (Å²) in [6.45, 7) is 0.680. The Bertz CT molecular complexity index is 450. The van der Waals surface area contributed by atoms with E-state index in [0.717, 1.165) is 21.0 Å². The van der Waals surface area contributed by atoms with Crippen molar-refractivity contribution in [2.45, 2.75) is 13.2 Å². The zero-order valence-electron chi connectivity index (χ0n) is 9.01. The highest BCUT2D eigenvalue weighted by Gasteiger charge is 2.03. The molecule has 16 heavy (non-hydrogen) atoms. The van der Waals surface area contributed by atoms with Crippen molar-refractivity contribution in [2.24, 2.45) is 0 Å². The fourth-order valence-corrected chi connectivity index (χ4v) is 2.20. The van der Waals surface area contributed by atoms with E-state index in [9.17, 15) is 0 Å². The van der Waals surface area contributed by atoms with Crippen molar-refractivity contribution in [3.63, 3.8) is 0 Å². The summed E-state index contributed by atoms with van der Waals surface area (Å²) in [7, 11) is 1.68. The molecule has 0 spiro atoms.